The lowest BCUT2D eigenvalue weighted by molar-refractivity contribution is -0.148. The van der Waals surface area contributed by atoms with Crippen molar-refractivity contribution >= 4 is 23.2 Å². The molecule has 108 valence electrons. The van der Waals surface area contributed by atoms with Crippen molar-refractivity contribution < 1.29 is 19.4 Å². The van der Waals surface area contributed by atoms with E-state index in [1.165, 1.54) is 17.5 Å². The van der Waals surface area contributed by atoms with Gasteiger partial charge in [0.15, 0.2) is 0 Å². The average Bonchev–Trinajstić information content (AvgIpc) is 3.01. The van der Waals surface area contributed by atoms with Gasteiger partial charge in [-0.3, -0.25) is 4.79 Å². The van der Waals surface area contributed by atoms with Crippen LogP contribution >= 0.6 is 11.3 Å². The smallest absolute Gasteiger partial charge is 0.329 e. The highest BCUT2D eigenvalue weighted by Crippen LogP contribution is 2.34. The lowest BCUT2D eigenvalue weighted by Gasteiger charge is -2.37. The van der Waals surface area contributed by atoms with E-state index in [4.69, 9.17) is 4.74 Å². The molecule has 6 nitrogen and oxygen atoms in total. The molecular weight excluding hydrogens is 280 g/mol. The molecular formula is C13H16N2O4S. The number of aromatic nitrogens is 1. The molecule has 1 unspecified atom stereocenters. The Morgan fingerprint density at radius 1 is 1.45 bits per heavy atom. The number of nitrogens with zero attached hydrogens (tertiary/aromatic N) is 1. The van der Waals surface area contributed by atoms with Crippen molar-refractivity contribution in [2.45, 2.75) is 43.7 Å². The van der Waals surface area contributed by atoms with E-state index in [0.717, 1.165) is 30.9 Å². The molecule has 0 aromatic carbocycles. The Morgan fingerprint density at radius 3 is 2.80 bits per heavy atom. The summed E-state index contributed by atoms with van der Waals surface area (Å²) in [6.45, 7) is 0.730. The van der Waals surface area contributed by atoms with Gasteiger partial charge in [-0.2, -0.15) is 0 Å². The third-order valence-corrected chi connectivity index (χ3v) is 5.01. The number of hydrogen-bond donors (Lipinski definition) is 2. The number of rotatable bonds is 4. The molecule has 1 aliphatic carbocycles. The van der Waals surface area contributed by atoms with Gasteiger partial charge >= 0.3 is 5.97 Å². The summed E-state index contributed by atoms with van der Waals surface area (Å²) in [5, 5.41) is 12.6. The Bertz CT molecular complexity index is 532. The minimum absolute atomic E-state index is 0.0151. The van der Waals surface area contributed by atoms with Gasteiger partial charge in [-0.15, -0.1) is 11.3 Å². The van der Waals surface area contributed by atoms with Crippen molar-refractivity contribution in [3.05, 3.63) is 16.1 Å². The molecule has 20 heavy (non-hydrogen) atoms. The number of nitrogens with one attached hydrogen (secondary N) is 1. The maximum atomic E-state index is 12.1. The summed E-state index contributed by atoms with van der Waals surface area (Å²) in [7, 11) is 0. The van der Waals surface area contributed by atoms with Crippen LogP contribution in [0, 0.1) is 0 Å². The second-order valence-electron chi connectivity index (χ2n) is 5.26. The molecule has 1 amide bonds. The average molecular weight is 296 g/mol. The number of carboxylic acids is 1. The van der Waals surface area contributed by atoms with Gasteiger partial charge in [0.2, 0.25) is 0 Å². The summed E-state index contributed by atoms with van der Waals surface area (Å²) in [5.74, 6) is -1.31. The van der Waals surface area contributed by atoms with Crippen LogP contribution in [-0.4, -0.2) is 34.1 Å². The molecule has 2 fully saturated rings. The van der Waals surface area contributed by atoms with Crippen molar-refractivity contribution in [2.24, 2.45) is 0 Å². The number of carbonyl (C=O) groups is 2. The van der Waals surface area contributed by atoms with E-state index in [9.17, 15) is 14.7 Å². The van der Waals surface area contributed by atoms with E-state index in [-0.39, 0.29) is 12.0 Å². The van der Waals surface area contributed by atoms with Crippen LogP contribution in [0.4, 0.5) is 0 Å². The van der Waals surface area contributed by atoms with E-state index < -0.39 is 11.5 Å². The fourth-order valence-corrected chi connectivity index (χ4v) is 3.41. The minimum Gasteiger partial charge on any atom is -0.480 e. The first-order chi connectivity index (χ1) is 9.61. The van der Waals surface area contributed by atoms with E-state index in [0.29, 0.717) is 17.7 Å². The molecule has 1 saturated heterocycles. The van der Waals surface area contributed by atoms with Gasteiger partial charge in [-0.05, 0) is 32.1 Å². The highest BCUT2D eigenvalue weighted by molar-refractivity contribution is 7.13. The Kier molecular flexibility index (Phi) is 3.47. The lowest BCUT2D eigenvalue weighted by atomic mass is 9.77. The first-order valence-corrected chi connectivity index (χ1v) is 7.56. The van der Waals surface area contributed by atoms with Gasteiger partial charge in [0, 0.05) is 6.61 Å². The molecule has 2 N–H and O–H groups in total. The molecule has 7 heteroatoms. The van der Waals surface area contributed by atoms with Crippen LogP contribution in [0.15, 0.2) is 6.20 Å². The monoisotopic (exact) mass is 296 g/mol. The van der Waals surface area contributed by atoms with Crippen molar-refractivity contribution in [2.75, 3.05) is 6.61 Å². The quantitative estimate of drug-likeness (QED) is 0.883. The molecule has 1 aromatic rings. The van der Waals surface area contributed by atoms with Gasteiger partial charge in [-0.1, -0.05) is 0 Å². The van der Waals surface area contributed by atoms with Crippen LogP contribution in [0.5, 0.6) is 0 Å². The molecule has 1 saturated carbocycles. The van der Waals surface area contributed by atoms with Gasteiger partial charge in [0.05, 0.1) is 6.20 Å². The highest BCUT2D eigenvalue weighted by atomic mass is 32.1. The molecule has 1 aromatic heterocycles. The van der Waals surface area contributed by atoms with Crippen LogP contribution in [0.1, 0.15) is 52.9 Å². The summed E-state index contributed by atoms with van der Waals surface area (Å²) in [5.41, 5.74) is -1.08. The van der Waals surface area contributed by atoms with Gasteiger partial charge < -0.3 is 15.2 Å². The zero-order valence-electron chi connectivity index (χ0n) is 10.9. The first-order valence-electron chi connectivity index (χ1n) is 6.74. The predicted molar refractivity (Wildman–Crippen MR) is 71.7 cm³/mol. The summed E-state index contributed by atoms with van der Waals surface area (Å²) in [6, 6.07) is 0. The van der Waals surface area contributed by atoms with Crippen molar-refractivity contribution in [3.63, 3.8) is 0 Å². The lowest BCUT2D eigenvalue weighted by Crippen LogP contribution is -2.59. The van der Waals surface area contributed by atoms with Gasteiger partial charge in [-0.25, -0.2) is 9.78 Å². The fraction of sp³-hybridized carbons (Fsp3) is 0.615. The second-order valence-corrected chi connectivity index (χ2v) is 6.32. The van der Waals surface area contributed by atoms with Gasteiger partial charge in [0.1, 0.15) is 21.5 Å². The zero-order chi connectivity index (χ0) is 14.2. The number of thiazole rings is 1. The zero-order valence-corrected chi connectivity index (χ0v) is 11.7. The highest BCUT2D eigenvalue weighted by Gasteiger charge is 2.46. The number of ether oxygens (including phenoxy) is 1. The number of aliphatic carboxylic acids is 1. The molecule has 0 radical (unpaired) electrons. The number of hydrogen-bond acceptors (Lipinski definition) is 5. The Morgan fingerprint density at radius 2 is 2.25 bits per heavy atom. The number of amides is 1. The Hall–Kier alpha value is -1.47. The molecule has 3 rings (SSSR count). The number of carboxylic acid groups (broad SMARTS) is 1. The fourth-order valence-electron chi connectivity index (χ4n) is 2.52. The van der Waals surface area contributed by atoms with Crippen molar-refractivity contribution in [1.29, 1.82) is 0 Å². The van der Waals surface area contributed by atoms with Crippen LogP contribution < -0.4 is 5.32 Å². The van der Waals surface area contributed by atoms with E-state index in [1.807, 2.05) is 0 Å². The van der Waals surface area contributed by atoms with E-state index in [1.54, 1.807) is 0 Å². The summed E-state index contributed by atoms with van der Waals surface area (Å²) in [4.78, 5) is 28.0. The Labute approximate surface area is 120 Å². The third-order valence-electron chi connectivity index (χ3n) is 3.92. The molecule has 0 bridgehead atoms. The molecule has 1 atom stereocenters. The maximum absolute atomic E-state index is 12.1. The standard InChI is InChI=1S/C13H16N2O4S/c16-10(15-13(12(17)18)4-2-5-13)9-7-14-11(20-9)8-3-1-6-19-8/h7-8H,1-6H2,(H,15,16)(H,17,18). The van der Waals surface area contributed by atoms with Crippen molar-refractivity contribution in [1.82, 2.24) is 10.3 Å². The molecule has 0 spiro atoms. The van der Waals surface area contributed by atoms with Crippen molar-refractivity contribution in [3.8, 4) is 0 Å². The summed E-state index contributed by atoms with van der Waals surface area (Å²) < 4.78 is 5.53. The normalized spacial score (nSPS) is 24.1. The Balaban J connectivity index is 1.69. The minimum atomic E-state index is -1.08. The largest absolute Gasteiger partial charge is 0.480 e. The van der Waals surface area contributed by atoms with Crippen LogP contribution in [0.3, 0.4) is 0 Å². The summed E-state index contributed by atoms with van der Waals surface area (Å²) >= 11 is 1.28. The maximum Gasteiger partial charge on any atom is 0.329 e. The predicted octanol–water partition coefficient (Wildman–Crippen LogP) is 1.73. The van der Waals surface area contributed by atoms with E-state index in [2.05, 4.69) is 10.3 Å². The van der Waals surface area contributed by atoms with E-state index >= 15 is 0 Å². The van der Waals surface area contributed by atoms with Crippen LogP contribution in [-0.2, 0) is 9.53 Å². The summed E-state index contributed by atoms with van der Waals surface area (Å²) in [6.07, 6.45) is 5.24. The molecule has 1 aliphatic heterocycles. The molecule has 2 aliphatic rings. The second kappa shape index (κ2) is 5.14. The van der Waals surface area contributed by atoms with Gasteiger partial charge in [0.25, 0.3) is 5.91 Å². The van der Waals surface area contributed by atoms with Crippen LogP contribution in [0.25, 0.3) is 0 Å². The topological polar surface area (TPSA) is 88.5 Å². The third kappa shape index (κ3) is 2.31. The molecule has 2 heterocycles. The van der Waals surface area contributed by atoms with Crippen LogP contribution in [0.2, 0.25) is 0 Å². The number of carbonyl (C=O) groups excluding carboxylic acids is 1. The SMILES string of the molecule is O=C(NC1(C(=O)O)CCC1)c1cnc(C2CCCO2)s1. The first kappa shape index (κ1) is 13.5.